The van der Waals surface area contributed by atoms with E-state index in [-0.39, 0.29) is 5.75 Å². The lowest BCUT2D eigenvalue weighted by Gasteiger charge is -2.23. The van der Waals surface area contributed by atoms with Crippen LogP contribution in [0.15, 0.2) is 30.5 Å². The van der Waals surface area contributed by atoms with Crippen LogP contribution in [0.3, 0.4) is 0 Å². The molecule has 0 amide bonds. The number of pyridine rings is 1. The van der Waals surface area contributed by atoms with Crippen molar-refractivity contribution in [3.63, 3.8) is 0 Å². The molecule has 3 rings (SSSR count). The fourth-order valence-corrected chi connectivity index (χ4v) is 3.79. The van der Waals surface area contributed by atoms with Gasteiger partial charge in [-0.15, -0.1) is 0 Å². The summed E-state index contributed by atoms with van der Waals surface area (Å²) in [4.78, 5) is 4.41. The summed E-state index contributed by atoms with van der Waals surface area (Å²) in [6.07, 6.45) is 4.36. The van der Waals surface area contributed by atoms with E-state index in [4.69, 9.17) is 0 Å². The monoisotopic (exact) mass is 274 g/mol. The fraction of sp³-hybridized carbons (Fsp3) is 0.400. The van der Waals surface area contributed by atoms with Crippen LogP contribution in [-0.4, -0.2) is 27.1 Å². The number of benzene rings is 1. The van der Waals surface area contributed by atoms with E-state index in [9.17, 15) is 5.11 Å². The minimum absolute atomic E-state index is 0.282. The molecule has 1 unspecified atom stereocenters. The van der Waals surface area contributed by atoms with Gasteiger partial charge in [0.15, 0.2) is 0 Å². The van der Waals surface area contributed by atoms with Gasteiger partial charge in [-0.05, 0) is 49.1 Å². The Hall–Kier alpha value is -1.42. The third-order valence-corrected chi connectivity index (χ3v) is 5.22. The Morgan fingerprint density at radius 3 is 3.11 bits per heavy atom. The first-order valence-electron chi connectivity index (χ1n) is 6.62. The molecule has 1 saturated heterocycles. The van der Waals surface area contributed by atoms with E-state index in [2.05, 4.69) is 17.2 Å². The van der Waals surface area contributed by atoms with Crippen molar-refractivity contribution in [2.75, 3.05) is 17.6 Å². The molecule has 0 saturated carbocycles. The van der Waals surface area contributed by atoms with Crippen LogP contribution in [0.1, 0.15) is 19.8 Å². The molecule has 3 nitrogen and oxygen atoms in total. The summed E-state index contributed by atoms with van der Waals surface area (Å²) in [6, 6.07) is 7.37. The number of aromatic hydroxyl groups is 1. The highest BCUT2D eigenvalue weighted by Crippen LogP contribution is 2.38. The highest BCUT2D eigenvalue weighted by Gasteiger charge is 2.29. The summed E-state index contributed by atoms with van der Waals surface area (Å²) in [5.74, 6) is 2.40. The summed E-state index contributed by atoms with van der Waals surface area (Å²) >= 11 is 2.03. The first-order chi connectivity index (χ1) is 9.16. The molecule has 100 valence electrons. The molecule has 0 aliphatic carbocycles. The normalized spacial score (nSPS) is 22.8. The van der Waals surface area contributed by atoms with Gasteiger partial charge in [0.05, 0.1) is 0 Å². The van der Waals surface area contributed by atoms with E-state index in [1.165, 1.54) is 18.6 Å². The Labute approximate surface area is 117 Å². The molecule has 1 atom stereocenters. The minimum atomic E-state index is 0.282. The van der Waals surface area contributed by atoms with Crippen LogP contribution in [-0.2, 0) is 0 Å². The zero-order chi connectivity index (χ0) is 13.3. The lowest BCUT2D eigenvalue weighted by molar-refractivity contribution is 0.476. The Kier molecular flexibility index (Phi) is 3.27. The molecule has 1 aliphatic rings. The van der Waals surface area contributed by atoms with Gasteiger partial charge in [0.1, 0.15) is 11.6 Å². The zero-order valence-electron chi connectivity index (χ0n) is 11.0. The van der Waals surface area contributed by atoms with Crippen molar-refractivity contribution in [2.45, 2.75) is 24.5 Å². The molecule has 1 aliphatic heterocycles. The van der Waals surface area contributed by atoms with Gasteiger partial charge in [-0.3, -0.25) is 0 Å². The smallest absolute Gasteiger partial charge is 0.133 e. The zero-order valence-corrected chi connectivity index (χ0v) is 11.8. The molecule has 1 aromatic carbocycles. The number of thioether (sulfide) groups is 1. The predicted octanol–water partition coefficient (Wildman–Crippen LogP) is 3.64. The quantitative estimate of drug-likeness (QED) is 0.897. The Balaban J connectivity index is 1.86. The van der Waals surface area contributed by atoms with Gasteiger partial charge >= 0.3 is 0 Å². The summed E-state index contributed by atoms with van der Waals surface area (Å²) in [7, 11) is 0. The van der Waals surface area contributed by atoms with Crippen LogP contribution in [0.2, 0.25) is 0 Å². The lowest BCUT2D eigenvalue weighted by atomic mass is 10.1. The van der Waals surface area contributed by atoms with E-state index < -0.39 is 0 Å². The number of phenolic OH excluding ortho intramolecular Hbond substituents is 1. The standard InChI is InChI=1S/C15H18N2OS/c1-15(6-2-8-19-15)10-17-14-13-9-12(18)4-3-11(13)5-7-16-14/h3-5,7,9,18H,2,6,8,10H2,1H3,(H,16,17). The lowest BCUT2D eigenvalue weighted by Crippen LogP contribution is -2.27. The van der Waals surface area contributed by atoms with Gasteiger partial charge in [0, 0.05) is 22.9 Å². The van der Waals surface area contributed by atoms with E-state index in [0.29, 0.717) is 4.75 Å². The molecule has 2 aromatic rings. The Bertz CT molecular complexity index is 594. The van der Waals surface area contributed by atoms with Crippen LogP contribution < -0.4 is 5.32 Å². The third-order valence-electron chi connectivity index (χ3n) is 3.68. The van der Waals surface area contributed by atoms with Gasteiger partial charge in [-0.1, -0.05) is 6.07 Å². The second-order valence-electron chi connectivity index (χ2n) is 5.32. The van der Waals surface area contributed by atoms with Gasteiger partial charge in [-0.25, -0.2) is 4.98 Å². The predicted molar refractivity (Wildman–Crippen MR) is 82.0 cm³/mol. The van der Waals surface area contributed by atoms with Crippen molar-refractivity contribution in [3.8, 4) is 5.75 Å². The maximum atomic E-state index is 9.63. The molecule has 0 spiro atoms. The summed E-state index contributed by atoms with van der Waals surface area (Å²) < 4.78 is 0.306. The number of hydrogen-bond donors (Lipinski definition) is 2. The number of fused-ring (bicyclic) bond motifs is 1. The van der Waals surface area contributed by atoms with E-state index in [1.54, 1.807) is 12.1 Å². The number of nitrogens with zero attached hydrogens (tertiary/aromatic N) is 1. The first-order valence-corrected chi connectivity index (χ1v) is 7.60. The minimum Gasteiger partial charge on any atom is -0.508 e. The van der Waals surface area contributed by atoms with Crippen LogP contribution >= 0.6 is 11.8 Å². The molecule has 19 heavy (non-hydrogen) atoms. The third kappa shape index (κ3) is 2.63. The Morgan fingerprint density at radius 2 is 2.32 bits per heavy atom. The largest absolute Gasteiger partial charge is 0.508 e. The summed E-state index contributed by atoms with van der Waals surface area (Å²) in [6.45, 7) is 3.22. The maximum absolute atomic E-state index is 9.63. The van der Waals surface area contributed by atoms with Crippen LogP contribution in [0.4, 0.5) is 5.82 Å². The second kappa shape index (κ2) is 4.93. The number of rotatable bonds is 3. The number of nitrogens with one attached hydrogen (secondary N) is 1. The molecular formula is C15H18N2OS. The molecule has 2 heterocycles. The molecule has 4 heteroatoms. The fourth-order valence-electron chi connectivity index (χ4n) is 2.54. The topological polar surface area (TPSA) is 45.2 Å². The molecular weight excluding hydrogens is 256 g/mol. The van der Waals surface area contributed by atoms with Crippen LogP contribution in [0.5, 0.6) is 5.75 Å². The number of aromatic nitrogens is 1. The SMILES string of the molecule is CC1(CNc2nccc3ccc(O)cc23)CCCS1. The number of phenols is 1. The van der Waals surface area contributed by atoms with Crippen LogP contribution in [0, 0.1) is 0 Å². The van der Waals surface area contributed by atoms with Crippen molar-refractivity contribution in [2.24, 2.45) is 0 Å². The molecule has 1 fully saturated rings. The van der Waals surface area contributed by atoms with E-state index in [1.807, 2.05) is 30.1 Å². The van der Waals surface area contributed by atoms with Gasteiger partial charge in [0.25, 0.3) is 0 Å². The van der Waals surface area contributed by atoms with Gasteiger partial charge < -0.3 is 10.4 Å². The van der Waals surface area contributed by atoms with Gasteiger partial charge in [0.2, 0.25) is 0 Å². The van der Waals surface area contributed by atoms with Crippen molar-refractivity contribution >= 4 is 28.4 Å². The van der Waals surface area contributed by atoms with Crippen molar-refractivity contribution < 1.29 is 5.11 Å². The number of anilines is 1. The molecule has 1 aromatic heterocycles. The molecule has 2 N–H and O–H groups in total. The average molecular weight is 274 g/mol. The second-order valence-corrected chi connectivity index (χ2v) is 7.00. The highest BCUT2D eigenvalue weighted by molar-refractivity contribution is 8.00. The number of hydrogen-bond acceptors (Lipinski definition) is 4. The average Bonchev–Trinajstić information content (AvgIpc) is 2.84. The van der Waals surface area contributed by atoms with Crippen LogP contribution in [0.25, 0.3) is 10.8 Å². The highest BCUT2D eigenvalue weighted by atomic mass is 32.2. The van der Waals surface area contributed by atoms with E-state index >= 15 is 0 Å². The van der Waals surface area contributed by atoms with Crippen molar-refractivity contribution in [1.29, 1.82) is 0 Å². The molecule has 0 radical (unpaired) electrons. The summed E-state index contributed by atoms with van der Waals surface area (Å²) in [5.41, 5.74) is 0. The van der Waals surface area contributed by atoms with Crippen molar-refractivity contribution in [3.05, 3.63) is 30.5 Å². The molecule has 0 bridgehead atoms. The van der Waals surface area contributed by atoms with Crippen molar-refractivity contribution in [1.82, 2.24) is 4.98 Å². The Morgan fingerprint density at radius 1 is 1.42 bits per heavy atom. The van der Waals surface area contributed by atoms with Gasteiger partial charge in [-0.2, -0.15) is 11.8 Å². The summed E-state index contributed by atoms with van der Waals surface area (Å²) in [5, 5.41) is 15.2. The maximum Gasteiger partial charge on any atom is 0.133 e. The van der Waals surface area contributed by atoms with E-state index in [0.717, 1.165) is 23.1 Å². The first kappa shape index (κ1) is 12.6.